The van der Waals surface area contributed by atoms with Gasteiger partial charge in [0.2, 0.25) is 0 Å². The molecule has 0 aliphatic rings. The zero-order chi connectivity index (χ0) is 15.0. The van der Waals surface area contributed by atoms with Gasteiger partial charge in [-0.15, -0.1) is 0 Å². The molecule has 0 atom stereocenters. The Kier molecular flexibility index (Phi) is 4.47. The summed E-state index contributed by atoms with van der Waals surface area (Å²) in [5.74, 6) is 0.364. The molecule has 0 fully saturated rings. The van der Waals surface area contributed by atoms with Crippen molar-refractivity contribution in [2.24, 2.45) is 0 Å². The standard InChI is InChI=1S/C13H5BrCl3N3S/c14-7-3-1-6(2-4-7)9-10(16)19-12(20-11(9)17)13-18-5-8(15)21-13/h1-5H. The van der Waals surface area contributed by atoms with Gasteiger partial charge in [0.25, 0.3) is 0 Å². The van der Waals surface area contributed by atoms with E-state index in [-0.39, 0.29) is 10.3 Å². The van der Waals surface area contributed by atoms with Gasteiger partial charge < -0.3 is 0 Å². The molecule has 2 aromatic heterocycles. The molecule has 106 valence electrons. The van der Waals surface area contributed by atoms with Crippen molar-refractivity contribution in [1.29, 1.82) is 0 Å². The first-order chi connectivity index (χ1) is 10.0. The van der Waals surface area contributed by atoms with Gasteiger partial charge in [-0.1, -0.05) is 74.2 Å². The van der Waals surface area contributed by atoms with Crippen molar-refractivity contribution in [3.8, 4) is 22.0 Å². The Balaban J connectivity index is 2.10. The van der Waals surface area contributed by atoms with Crippen LogP contribution in [0.15, 0.2) is 34.9 Å². The molecule has 0 radical (unpaired) electrons. The third-order valence-electron chi connectivity index (χ3n) is 2.62. The van der Waals surface area contributed by atoms with Crippen LogP contribution in [0.25, 0.3) is 22.0 Å². The number of hydrogen-bond donors (Lipinski definition) is 0. The van der Waals surface area contributed by atoms with Gasteiger partial charge in [0.1, 0.15) is 14.6 Å². The quantitative estimate of drug-likeness (QED) is 0.477. The monoisotopic (exact) mass is 419 g/mol. The van der Waals surface area contributed by atoms with Crippen molar-refractivity contribution in [2.45, 2.75) is 0 Å². The number of nitrogens with zero attached hydrogens (tertiary/aromatic N) is 3. The molecular formula is C13H5BrCl3N3S. The maximum Gasteiger partial charge on any atom is 0.191 e. The summed E-state index contributed by atoms with van der Waals surface area (Å²) in [6, 6.07) is 7.58. The van der Waals surface area contributed by atoms with Crippen molar-refractivity contribution in [3.05, 3.63) is 49.6 Å². The predicted molar refractivity (Wildman–Crippen MR) is 91.3 cm³/mol. The van der Waals surface area contributed by atoms with Crippen LogP contribution in [-0.4, -0.2) is 15.0 Å². The molecule has 1 aromatic carbocycles. The minimum absolute atomic E-state index is 0.277. The summed E-state index contributed by atoms with van der Waals surface area (Å²) in [6.45, 7) is 0. The smallest absolute Gasteiger partial charge is 0.191 e. The van der Waals surface area contributed by atoms with Gasteiger partial charge >= 0.3 is 0 Å². The van der Waals surface area contributed by atoms with E-state index in [1.165, 1.54) is 17.5 Å². The van der Waals surface area contributed by atoms with E-state index in [1.54, 1.807) is 0 Å². The van der Waals surface area contributed by atoms with Crippen LogP contribution in [0.2, 0.25) is 14.6 Å². The van der Waals surface area contributed by atoms with Crippen molar-refractivity contribution in [2.75, 3.05) is 0 Å². The molecule has 8 heteroatoms. The number of thiazole rings is 1. The van der Waals surface area contributed by atoms with Crippen molar-refractivity contribution >= 4 is 62.1 Å². The molecule has 3 rings (SSSR count). The second kappa shape index (κ2) is 6.18. The number of halogens is 4. The predicted octanol–water partition coefficient (Wildman–Crippen LogP) is 5.99. The second-order valence-corrected chi connectivity index (χ2v) is 7.27. The van der Waals surface area contributed by atoms with Crippen molar-refractivity contribution in [1.82, 2.24) is 15.0 Å². The average Bonchev–Trinajstić information content (AvgIpc) is 2.87. The number of aromatic nitrogens is 3. The highest BCUT2D eigenvalue weighted by Gasteiger charge is 2.16. The Morgan fingerprint density at radius 1 is 0.952 bits per heavy atom. The molecular weight excluding hydrogens is 416 g/mol. The maximum absolute atomic E-state index is 6.26. The van der Waals surface area contributed by atoms with Gasteiger partial charge in [-0.05, 0) is 17.7 Å². The lowest BCUT2D eigenvalue weighted by atomic mass is 10.1. The van der Waals surface area contributed by atoms with Crippen LogP contribution in [0.1, 0.15) is 0 Å². The molecule has 0 aliphatic carbocycles. The molecule has 0 bridgehead atoms. The molecule has 0 saturated carbocycles. The van der Waals surface area contributed by atoms with Gasteiger partial charge in [-0.25, -0.2) is 15.0 Å². The van der Waals surface area contributed by atoms with E-state index in [1.807, 2.05) is 24.3 Å². The molecule has 3 aromatic rings. The van der Waals surface area contributed by atoms with E-state index in [2.05, 4.69) is 30.9 Å². The molecule has 0 amide bonds. The van der Waals surface area contributed by atoms with E-state index < -0.39 is 0 Å². The van der Waals surface area contributed by atoms with Crippen molar-refractivity contribution < 1.29 is 0 Å². The highest BCUT2D eigenvalue weighted by molar-refractivity contribution is 9.10. The van der Waals surface area contributed by atoms with Gasteiger partial charge in [0.05, 0.1) is 11.8 Å². The molecule has 3 nitrogen and oxygen atoms in total. The Labute approximate surface area is 148 Å². The summed E-state index contributed by atoms with van der Waals surface area (Å²) in [5.41, 5.74) is 1.44. The Morgan fingerprint density at radius 3 is 2.10 bits per heavy atom. The van der Waals surface area contributed by atoms with Crippen LogP contribution >= 0.6 is 62.1 Å². The van der Waals surface area contributed by atoms with Crippen LogP contribution in [0, 0.1) is 0 Å². The second-order valence-electron chi connectivity index (χ2n) is 3.98. The summed E-state index contributed by atoms with van der Waals surface area (Å²) in [5, 5.41) is 1.13. The van der Waals surface area contributed by atoms with E-state index in [0.29, 0.717) is 20.7 Å². The zero-order valence-corrected chi connectivity index (χ0v) is 14.8. The lowest BCUT2D eigenvalue weighted by Gasteiger charge is -2.07. The maximum atomic E-state index is 6.26. The third kappa shape index (κ3) is 3.22. The fourth-order valence-corrected chi connectivity index (χ4v) is 3.43. The van der Waals surface area contributed by atoms with Crippen LogP contribution < -0.4 is 0 Å². The third-order valence-corrected chi connectivity index (χ3v) is 4.81. The minimum Gasteiger partial charge on any atom is -0.240 e. The van der Waals surface area contributed by atoms with E-state index in [0.717, 1.165) is 10.0 Å². The summed E-state index contributed by atoms with van der Waals surface area (Å²) in [7, 11) is 0. The van der Waals surface area contributed by atoms with Gasteiger partial charge in [-0.3, -0.25) is 0 Å². The highest BCUT2D eigenvalue weighted by atomic mass is 79.9. The van der Waals surface area contributed by atoms with Gasteiger partial charge in [0.15, 0.2) is 10.8 Å². The molecule has 0 spiro atoms. The van der Waals surface area contributed by atoms with Crippen LogP contribution in [0.3, 0.4) is 0 Å². The topological polar surface area (TPSA) is 38.7 Å². The first kappa shape index (κ1) is 15.2. The SMILES string of the molecule is Clc1cnc(-c2nc(Cl)c(-c3ccc(Br)cc3)c(Cl)n2)s1. The largest absolute Gasteiger partial charge is 0.240 e. The van der Waals surface area contributed by atoms with Gasteiger partial charge in [-0.2, -0.15) is 0 Å². The van der Waals surface area contributed by atoms with E-state index in [4.69, 9.17) is 34.8 Å². The van der Waals surface area contributed by atoms with Crippen LogP contribution in [0.4, 0.5) is 0 Å². The van der Waals surface area contributed by atoms with E-state index in [9.17, 15) is 0 Å². The molecule has 2 heterocycles. The highest BCUT2D eigenvalue weighted by Crippen LogP contribution is 2.35. The van der Waals surface area contributed by atoms with E-state index >= 15 is 0 Å². The number of benzene rings is 1. The fourth-order valence-electron chi connectivity index (χ4n) is 1.72. The first-order valence-electron chi connectivity index (χ1n) is 5.65. The average molecular weight is 422 g/mol. The van der Waals surface area contributed by atoms with Crippen LogP contribution in [0.5, 0.6) is 0 Å². The summed E-state index contributed by atoms with van der Waals surface area (Å²) >= 11 is 23.0. The zero-order valence-electron chi connectivity index (χ0n) is 10.1. The van der Waals surface area contributed by atoms with Crippen LogP contribution in [-0.2, 0) is 0 Å². The lowest BCUT2D eigenvalue weighted by molar-refractivity contribution is 1.16. The molecule has 0 unspecified atom stereocenters. The Hall–Kier alpha value is -0.720. The van der Waals surface area contributed by atoms with Crippen molar-refractivity contribution in [3.63, 3.8) is 0 Å². The Bertz CT molecular complexity index is 782. The summed E-state index contributed by atoms with van der Waals surface area (Å²) in [4.78, 5) is 12.6. The molecule has 0 saturated heterocycles. The normalized spacial score (nSPS) is 10.9. The number of rotatable bonds is 2. The fraction of sp³-hybridized carbons (Fsp3) is 0. The molecule has 0 N–H and O–H groups in total. The molecule has 21 heavy (non-hydrogen) atoms. The first-order valence-corrected chi connectivity index (χ1v) is 8.39. The molecule has 0 aliphatic heterocycles. The minimum atomic E-state index is 0.277. The number of hydrogen-bond acceptors (Lipinski definition) is 4. The Morgan fingerprint density at radius 2 is 1.57 bits per heavy atom. The summed E-state index contributed by atoms with van der Waals surface area (Å²) < 4.78 is 1.52. The lowest BCUT2D eigenvalue weighted by Crippen LogP contribution is -1.94. The van der Waals surface area contributed by atoms with Gasteiger partial charge in [0, 0.05) is 4.47 Å². The summed E-state index contributed by atoms with van der Waals surface area (Å²) in [6.07, 6.45) is 1.54.